The molecule has 2 aliphatic carbocycles. The smallest absolute Gasteiger partial charge is 0.153 e. The molecule has 0 N–H and O–H groups in total. The minimum Gasteiger partial charge on any atom is -0.300 e. The zero-order valence-corrected chi connectivity index (χ0v) is 11.3. The summed E-state index contributed by atoms with van der Waals surface area (Å²) >= 11 is 0. The van der Waals surface area contributed by atoms with Crippen LogP contribution in [0.3, 0.4) is 0 Å². The molecule has 3 aliphatic rings. The minimum atomic E-state index is 0.624. The topological polar surface area (TPSA) is 34.0 Å². The Bertz CT molecular complexity index is 446. The maximum Gasteiger partial charge on any atom is 0.153 e. The highest BCUT2D eigenvalue weighted by atomic mass is 15.4. The van der Waals surface area contributed by atoms with Gasteiger partial charge in [0, 0.05) is 25.0 Å². The Labute approximate surface area is 108 Å². The number of likely N-dealkylation sites (tertiary alicyclic amines) is 1. The average molecular weight is 246 g/mol. The molecule has 1 saturated heterocycles. The summed E-state index contributed by atoms with van der Waals surface area (Å²) in [6.45, 7) is 7.18. The zero-order valence-electron chi connectivity index (χ0n) is 11.3. The Morgan fingerprint density at radius 2 is 2.00 bits per heavy atom. The van der Waals surface area contributed by atoms with Gasteiger partial charge in [-0.15, -0.1) is 0 Å². The van der Waals surface area contributed by atoms with Gasteiger partial charge in [-0.1, -0.05) is 0 Å². The lowest BCUT2D eigenvalue weighted by molar-refractivity contribution is -0.104. The lowest BCUT2D eigenvalue weighted by Crippen LogP contribution is -2.63. The van der Waals surface area contributed by atoms with E-state index in [9.17, 15) is 0 Å². The zero-order chi connectivity index (χ0) is 12.3. The Morgan fingerprint density at radius 3 is 2.61 bits per heavy atom. The lowest BCUT2D eigenvalue weighted by Gasteiger charge is -2.60. The molecule has 0 radical (unpaired) electrons. The van der Waals surface area contributed by atoms with Gasteiger partial charge in [0.1, 0.15) is 6.33 Å². The Morgan fingerprint density at radius 1 is 1.28 bits per heavy atom. The van der Waals surface area contributed by atoms with Gasteiger partial charge in [-0.25, -0.2) is 9.67 Å². The molecule has 0 bridgehead atoms. The van der Waals surface area contributed by atoms with E-state index in [1.54, 1.807) is 0 Å². The van der Waals surface area contributed by atoms with Gasteiger partial charge in [0.15, 0.2) is 5.82 Å². The molecule has 4 heteroatoms. The van der Waals surface area contributed by atoms with E-state index >= 15 is 0 Å². The van der Waals surface area contributed by atoms with Gasteiger partial charge in [0.25, 0.3) is 0 Å². The summed E-state index contributed by atoms with van der Waals surface area (Å²) in [5.41, 5.74) is 0.626. The van der Waals surface area contributed by atoms with E-state index in [4.69, 9.17) is 0 Å². The van der Waals surface area contributed by atoms with Gasteiger partial charge in [-0.05, 0) is 44.9 Å². The van der Waals surface area contributed by atoms with Crippen LogP contribution >= 0.6 is 0 Å². The second-order valence-corrected chi connectivity index (χ2v) is 6.92. The van der Waals surface area contributed by atoms with Crippen molar-refractivity contribution >= 4 is 0 Å². The van der Waals surface area contributed by atoms with Gasteiger partial charge >= 0.3 is 0 Å². The van der Waals surface area contributed by atoms with Crippen molar-refractivity contribution in [1.29, 1.82) is 0 Å². The van der Waals surface area contributed by atoms with Crippen molar-refractivity contribution in [3.63, 3.8) is 0 Å². The molecule has 0 unspecified atom stereocenters. The summed E-state index contributed by atoms with van der Waals surface area (Å²) in [6.07, 6.45) is 7.17. The van der Waals surface area contributed by atoms with Crippen LogP contribution in [0.2, 0.25) is 0 Å². The van der Waals surface area contributed by atoms with Crippen LogP contribution in [0.4, 0.5) is 0 Å². The van der Waals surface area contributed by atoms with Gasteiger partial charge < -0.3 is 0 Å². The van der Waals surface area contributed by atoms with Crippen molar-refractivity contribution in [1.82, 2.24) is 19.7 Å². The Balaban J connectivity index is 1.36. The number of hydrogen-bond acceptors (Lipinski definition) is 3. The van der Waals surface area contributed by atoms with E-state index in [0.717, 1.165) is 5.82 Å². The summed E-state index contributed by atoms with van der Waals surface area (Å²) in [4.78, 5) is 7.03. The van der Waals surface area contributed by atoms with E-state index in [1.807, 2.05) is 6.33 Å². The van der Waals surface area contributed by atoms with Crippen molar-refractivity contribution in [2.45, 2.75) is 57.5 Å². The number of rotatable bonds is 3. The third-order valence-corrected chi connectivity index (χ3v) is 4.99. The molecule has 2 heterocycles. The van der Waals surface area contributed by atoms with Crippen molar-refractivity contribution in [2.24, 2.45) is 5.41 Å². The SMILES string of the molecule is CC(C)N1CC2(CC(n3cnc(C4CC4)n3)C2)C1. The maximum absolute atomic E-state index is 4.66. The Hall–Kier alpha value is -0.900. The summed E-state index contributed by atoms with van der Waals surface area (Å²) < 4.78 is 2.14. The van der Waals surface area contributed by atoms with Crippen LogP contribution in [0.25, 0.3) is 0 Å². The van der Waals surface area contributed by atoms with Gasteiger partial charge in [0.05, 0.1) is 6.04 Å². The maximum atomic E-state index is 4.66. The first-order valence-electron chi connectivity index (χ1n) is 7.30. The van der Waals surface area contributed by atoms with E-state index in [0.29, 0.717) is 23.4 Å². The number of aromatic nitrogens is 3. The van der Waals surface area contributed by atoms with Crippen LogP contribution in [-0.4, -0.2) is 38.8 Å². The van der Waals surface area contributed by atoms with Crippen molar-refractivity contribution < 1.29 is 0 Å². The van der Waals surface area contributed by atoms with E-state index in [1.165, 1.54) is 38.8 Å². The minimum absolute atomic E-state index is 0.624. The molecule has 0 aromatic carbocycles. The monoisotopic (exact) mass is 246 g/mol. The summed E-state index contributed by atoms with van der Waals surface area (Å²) in [5, 5.41) is 4.66. The second kappa shape index (κ2) is 3.56. The number of nitrogens with zero attached hydrogens (tertiary/aromatic N) is 4. The molecule has 3 fully saturated rings. The highest BCUT2D eigenvalue weighted by Gasteiger charge is 2.53. The molecule has 4 nitrogen and oxygen atoms in total. The van der Waals surface area contributed by atoms with Gasteiger partial charge in [-0.3, -0.25) is 4.90 Å². The van der Waals surface area contributed by atoms with E-state index in [-0.39, 0.29) is 0 Å². The first kappa shape index (κ1) is 11.0. The van der Waals surface area contributed by atoms with Crippen LogP contribution in [0.15, 0.2) is 6.33 Å². The molecule has 4 rings (SSSR count). The fraction of sp³-hybridized carbons (Fsp3) is 0.857. The lowest BCUT2D eigenvalue weighted by atomic mass is 9.60. The second-order valence-electron chi connectivity index (χ2n) is 6.92. The number of hydrogen-bond donors (Lipinski definition) is 0. The fourth-order valence-corrected chi connectivity index (χ4v) is 3.56. The van der Waals surface area contributed by atoms with Crippen LogP contribution in [0.1, 0.15) is 57.3 Å². The molecule has 1 spiro atoms. The summed E-state index contributed by atoms with van der Waals surface area (Å²) in [5.74, 6) is 1.77. The molecule has 1 aliphatic heterocycles. The Kier molecular flexibility index (Phi) is 2.17. The first-order chi connectivity index (χ1) is 8.65. The fourth-order valence-electron chi connectivity index (χ4n) is 3.56. The quantitative estimate of drug-likeness (QED) is 0.820. The molecular weight excluding hydrogens is 224 g/mol. The van der Waals surface area contributed by atoms with Gasteiger partial charge in [-0.2, -0.15) is 5.10 Å². The molecule has 2 saturated carbocycles. The predicted octanol–water partition coefficient (Wildman–Crippen LogP) is 2.20. The normalized spacial score (nSPS) is 27.5. The standard InChI is InChI=1S/C14H22N4/c1-10(2)17-7-14(8-17)5-12(6-14)18-9-15-13(16-18)11-3-4-11/h9-12H,3-8H2,1-2H3. The van der Waals surface area contributed by atoms with Crippen LogP contribution in [-0.2, 0) is 0 Å². The first-order valence-corrected chi connectivity index (χ1v) is 7.30. The molecular formula is C14H22N4. The van der Waals surface area contributed by atoms with Crippen molar-refractivity contribution in [3.8, 4) is 0 Å². The molecule has 1 aromatic heterocycles. The van der Waals surface area contributed by atoms with Crippen LogP contribution in [0, 0.1) is 5.41 Å². The highest BCUT2D eigenvalue weighted by Crippen LogP contribution is 2.54. The van der Waals surface area contributed by atoms with Crippen molar-refractivity contribution in [2.75, 3.05) is 13.1 Å². The molecule has 18 heavy (non-hydrogen) atoms. The van der Waals surface area contributed by atoms with E-state index < -0.39 is 0 Å². The third kappa shape index (κ3) is 1.62. The summed E-state index contributed by atoms with van der Waals surface area (Å²) in [6, 6.07) is 1.34. The third-order valence-electron chi connectivity index (χ3n) is 4.99. The predicted molar refractivity (Wildman–Crippen MR) is 69.4 cm³/mol. The average Bonchev–Trinajstić information content (AvgIpc) is 2.94. The molecule has 98 valence electrons. The summed E-state index contributed by atoms with van der Waals surface area (Å²) in [7, 11) is 0. The molecule has 1 aromatic rings. The highest BCUT2D eigenvalue weighted by molar-refractivity contribution is 5.08. The largest absolute Gasteiger partial charge is 0.300 e. The van der Waals surface area contributed by atoms with Crippen LogP contribution in [0.5, 0.6) is 0 Å². The van der Waals surface area contributed by atoms with Crippen LogP contribution < -0.4 is 0 Å². The van der Waals surface area contributed by atoms with Gasteiger partial charge in [0.2, 0.25) is 0 Å². The molecule has 0 atom stereocenters. The van der Waals surface area contributed by atoms with Crippen molar-refractivity contribution in [3.05, 3.63) is 12.2 Å². The molecule has 0 amide bonds. The van der Waals surface area contributed by atoms with E-state index in [2.05, 4.69) is 33.5 Å².